The molecular formula is C12H13BrN2O2S. The van der Waals surface area contributed by atoms with Crippen LogP contribution in [0.1, 0.15) is 32.3 Å². The van der Waals surface area contributed by atoms with Gasteiger partial charge < -0.3 is 9.84 Å². The van der Waals surface area contributed by atoms with Crippen LogP contribution in [0.4, 0.5) is 0 Å². The third-order valence-electron chi connectivity index (χ3n) is 2.69. The molecule has 6 heteroatoms. The number of nitrogens with one attached hydrogen (secondary N) is 1. The van der Waals surface area contributed by atoms with Crippen LogP contribution in [0.2, 0.25) is 0 Å². The molecule has 0 saturated carbocycles. The molecule has 0 unspecified atom stereocenters. The van der Waals surface area contributed by atoms with Gasteiger partial charge in [0.1, 0.15) is 5.76 Å². The second kappa shape index (κ2) is 5.24. The third-order valence-corrected chi connectivity index (χ3v) is 4.82. The van der Waals surface area contributed by atoms with Gasteiger partial charge in [-0.2, -0.15) is 0 Å². The number of carbonyl (C=O) groups is 1. The van der Waals surface area contributed by atoms with Gasteiger partial charge in [-0.3, -0.25) is 4.79 Å². The number of hydrogen-bond donors (Lipinski definition) is 1. The zero-order chi connectivity index (χ0) is 13.3. The Labute approximate surface area is 117 Å². The van der Waals surface area contributed by atoms with Gasteiger partial charge in [0, 0.05) is 12.1 Å². The highest BCUT2D eigenvalue weighted by atomic mass is 79.9. The average Bonchev–Trinajstić information content (AvgIpc) is 2.82. The Morgan fingerprint density at radius 1 is 1.50 bits per heavy atom. The summed E-state index contributed by atoms with van der Waals surface area (Å²) in [6, 6.07) is 1.87. The predicted octanol–water partition coefficient (Wildman–Crippen LogP) is 3.35. The lowest BCUT2D eigenvalue weighted by atomic mass is 10.2. The van der Waals surface area contributed by atoms with E-state index in [4.69, 9.17) is 4.52 Å². The molecule has 0 saturated heterocycles. The molecule has 0 bridgehead atoms. The number of aromatic nitrogens is 1. The summed E-state index contributed by atoms with van der Waals surface area (Å²) in [5.41, 5.74) is 2.83. The number of hydrogen-bond acceptors (Lipinski definition) is 4. The first-order chi connectivity index (χ1) is 8.49. The third kappa shape index (κ3) is 2.64. The maximum Gasteiger partial charge on any atom is 0.261 e. The molecule has 4 nitrogen and oxygen atoms in total. The molecule has 96 valence electrons. The van der Waals surface area contributed by atoms with Crippen molar-refractivity contribution in [1.29, 1.82) is 0 Å². The number of rotatable bonds is 3. The van der Waals surface area contributed by atoms with Crippen LogP contribution in [-0.2, 0) is 6.54 Å². The van der Waals surface area contributed by atoms with E-state index in [-0.39, 0.29) is 5.91 Å². The molecule has 1 N–H and O–H groups in total. The van der Waals surface area contributed by atoms with E-state index >= 15 is 0 Å². The van der Waals surface area contributed by atoms with Gasteiger partial charge in [-0.05, 0) is 48.3 Å². The summed E-state index contributed by atoms with van der Waals surface area (Å²) in [7, 11) is 0. The minimum atomic E-state index is -0.0752. The minimum absolute atomic E-state index is 0.0752. The first kappa shape index (κ1) is 13.3. The average molecular weight is 329 g/mol. The van der Waals surface area contributed by atoms with Crippen molar-refractivity contribution < 1.29 is 9.32 Å². The zero-order valence-electron chi connectivity index (χ0n) is 10.3. The molecule has 2 heterocycles. The molecule has 2 rings (SSSR count). The van der Waals surface area contributed by atoms with Gasteiger partial charge in [0.25, 0.3) is 5.91 Å². The van der Waals surface area contributed by atoms with Crippen LogP contribution >= 0.6 is 27.3 Å². The summed E-state index contributed by atoms with van der Waals surface area (Å²) in [6.45, 7) is 6.11. The number of thiophene rings is 1. The quantitative estimate of drug-likeness (QED) is 0.939. The lowest BCUT2D eigenvalue weighted by molar-refractivity contribution is 0.0955. The number of aryl methyl sites for hydroxylation is 3. The maximum absolute atomic E-state index is 12.0. The molecule has 0 spiro atoms. The van der Waals surface area contributed by atoms with Crippen LogP contribution in [0, 0.1) is 20.8 Å². The molecule has 0 aromatic carbocycles. The highest BCUT2D eigenvalue weighted by Gasteiger charge is 2.13. The van der Waals surface area contributed by atoms with Gasteiger partial charge in [-0.25, -0.2) is 0 Å². The smallest absolute Gasteiger partial charge is 0.261 e. The highest BCUT2D eigenvalue weighted by Crippen LogP contribution is 2.27. The molecule has 0 aliphatic carbocycles. The Morgan fingerprint density at radius 3 is 2.72 bits per heavy atom. The standard InChI is InChI=1S/C12H13BrN2O2S/c1-6-4-10(18-11(6)13)12(16)14-5-9-7(2)15-17-8(9)3/h4H,5H2,1-3H3,(H,14,16). The second-order valence-corrected chi connectivity index (χ2v) is 6.42. The van der Waals surface area contributed by atoms with Gasteiger partial charge in [-0.1, -0.05) is 5.16 Å². The van der Waals surface area contributed by atoms with E-state index in [1.165, 1.54) is 11.3 Å². The van der Waals surface area contributed by atoms with Gasteiger partial charge in [0.15, 0.2) is 0 Å². The minimum Gasteiger partial charge on any atom is -0.361 e. The van der Waals surface area contributed by atoms with Gasteiger partial charge in [0.2, 0.25) is 0 Å². The summed E-state index contributed by atoms with van der Waals surface area (Å²) in [5.74, 6) is 0.671. The largest absolute Gasteiger partial charge is 0.361 e. The summed E-state index contributed by atoms with van der Waals surface area (Å²) in [4.78, 5) is 12.7. The topological polar surface area (TPSA) is 55.1 Å². The van der Waals surface area contributed by atoms with Crippen LogP contribution in [0.5, 0.6) is 0 Å². The lowest BCUT2D eigenvalue weighted by Crippen LogP contribution is -2.22. The normalized spacial score (nSPS) is 10.7. The van der Waals surface area contributed by atoms with E-state index in [0.717, 1.165) is 26.4 Å². The van der Waals surface area contributed by atoms with Crippen molar-refractivity contribution in [3.63, 3.8) is 0 Å². The Bertz CT molecular complexity index is 550. The maximum atomic E-state index is 12.0. The number of nitrogens with zero attached hydrogens (tertiary/aromatic N) is 1. The Hall–Kier alpha value is -1.14. The first-order valence-corrected chi connectivity index (χ1v) is 7.06. The predicted molar refractivity (Wildman–Crippen MR) is 73.9 cm³/mol. The van der Waals surface area contributed by atoms with Crippen molar-refractivity contribution in [2.45, 2.75) is 27.3 Å². The fourth-order valence-electron chi connectivity index (χ4n) is 1.58. The van der Waals surface area contributed by atoms with Crippen LogP contribution in [0.15, 0.2) is 14.4 Å². The summed E-state index contributed by atoms with van der Waals surface area (Å²) in [6.07, 6.45) is 0. The molecule has 2 aromatic rings. The van der Waals surface area contributed by atoms with Crippen molar-refractivity contribution in [1.82, 2.24) is 10.5 Å². The molecule has 18 heavy (non-hydrogen) atoms. The van der Waals surface area contributed by atoms with Crippen molar-refractivity contribution in [3.8, 4) is 0 Å². The van der Waals surface area contributed by atoms with E-state index in [0.29, 0.717) is 11.4 Å². The molecule has 0 aliphatic heterocycles. The lowest BCUT2D eigenvalue weighted by Gasteiger charge is -2.02. The van der Waals surface area contributed by atoms with Crippen molar-refractivity contribution in [2.24, 2.45) is 0 Å². The van der Waals surface area contributed by atoms with Crippen LogP contribution < -0.4 is 5.32 Å². The molecular weight excluding hydrogens is 316 g/mol. The monoisotopic (exact) mass is 328 g/mol. The number of carbonyl (C=O) groups excluding carboxylic acids is 1. The Kier molecular flexibility index (Phi) is 3.87. The SMILES string of the molecule is Cc1cc(C(=O)NCc2c(C)noc2C)sc1Br. The molecule has 1 amide bonds. The summed E-state index contributed by atoms with van der Waals surface area (Å²) in [5, 5.41) is 6.73. The van der Waals surface area contributed by atoms with E-state index < -0.39 is 0 Å². The second-order valence-electron chi connectivity index (χ2n) is 4.05. The Balaban J connectivity index is 2.05. The van der Waals surface area contributed by atoms with Crippen molar-refractivity contribution in [2.75, 3.05) is 0 Å². The molecule has 0 fully saturated rings. The molecule has 0 radical (unpaired) electrons. The zero-order valence-corrected chi connectivity index (χ0v) is 12.7. The summed E-state index contributed by atoms with van der Waals surface area (Å²) < 4.78 is 6.04. The van der Waals surface area contributed by atoms with Crippen LogP contribution in [0.3, 0.4) is 0 Å². The Morgan fingerprint density at radius 2 is 2.22 bits per heavy atom. The van der Waals surface area contributed by atoms with Gasteiger partial charge >= 0.3 is 0 Å². The molecule has 0 atom stereocenters. The van der Waals surface area contributed by atoms with E-state index in [1.807, 2.05) is 26.8 Å². The number of amides is 1. The van der Waals surface area contributed by atoms with Gasteiger partial charge in [-0.15, -0.1) is 11.3 Å². The van der Waals surface area contributed by atoms with Crippen molar-refractivity contribution >= 4 is 33.2 Å². The highest BCUT2D eigenvalue weighted by molar-refractivity contribution is 9.11. The van der Waals surface area contributed by atoms with E-state index in [2.05, 4.69) is 26.4 Å². The van der Waals surface area contributed by atoms with E-state index in [1.54, 1.807) is 0 Å². The fraction of sp³-hybridized carbons (Fsp3) is 0.333. The van der Waals surface area contributed by atoms with Crippen molar-refractivity contribution in [3.05, 3.63) is 37.3 Å². The van der Waals surface area contributed by atoms with E-state index in [9.17, 15) is 4.79 Å². The fourth-order valence-corrected chi connectivity index (χ4v) is 3.03. The molecule has 0 aliphatic rings. The van der Waals surface area contributed by atoms with Crippen LogP contribution in [-0.4, -0.2) is 11.1 Å². The van der Waals surface area contributed by atoms with Crippen LogP contribution in [0.25, 0.3) is 0 Å². The summed E-state index contributed by atoms with van der Waals surface area (Å²) >= 11 is 4.84. The first-order valence-electron chi connectivity index (χ1n) is 5.45. The number of halogens is 1. The van der Waals surface area contributed by atoms with Gasteiger partial charge in [0.05, 0.1) is 14.4 Å². The molecule has 2 aromatic heterocycles.